The third kappa shape index (κ3) is 29.9. The average Bonchev–Trinajstić information content (AvgIpc) is 3.26. The van der Waals surface area contributed by atoms with Crippen molar-refractivity contribution in [2.75, 3.05) is 0 Å². The molecule has 1 N–H and O–H groups in total. The van der Waals surface area contributed by atoms with E-state index in [1.165, 1.54) is 161 Å². The van der Waals surface area contributed by atoms with E-state index in [0.717, 1.165) is 50.7 Å². The van der Waals surface area contributed by atoms with Crippen LogP contribution in [-0.2, 0) is 30.5 Å². The van der Waals surface area contributed by atoms with E-state index < -0.39 is 39.0 Å². The molecule has 0 aromatic rings. The third-order valence-electron chi connectivity index (χ3n) is 10.3. The molecule has 1 heterocycles. The number of rotatable bonds is 37. The summed E-state index contributed by atoms with van der Waals surface area (Å²) in [5, 5.41) is 9.32. The van der Waals surface area contributed by atoms with Crippen LogP contribution < -0.4 is 0 Å². The molecule has 304 valence electrons. The van der Waals surface area contributed by atoms with Crippen LogP contribution in [0.15, 0.2) is 23.3 Å². The number of unbranched alkanes of at least 4 members (excludes halogenated alkanes) is 30. The summed E-state index contributed by atoms with van der Waals surface area (Å²) in [5.74, 6) is -3.64. The Kier molecular flexibility index (Phi) is 32.8. The SMILES string of the molecule is CCCCCCCCCCCCCCCCCCC1=CC(=O)[O][Al]([O]C(=O)/C(=C\C(=O)O)CCCCCCCCCCCCCCCCCC)[O]C1=O. The molecule has 0 aromatic carbocycles. The van der Waals surface area contributed by atoms with Gasteiger partial charge in [-0.3, -0.25) is 14.4 Å². The molecule has 0 saturated heterocycles. The van der Waals surface area contributed by atoms with E-state index in [1.807, 2.05) is 0 Å². The molecule has 0 atom stereocenters. The summed E-state index contributed by atoms with van der Waals surface area (Å²) in [6, 6.07) is 0. The smallest absolute Gasteiger partial charge is 0.547 e. The molecule has 0 aromatic heterocycles. The Labute approximate surface area is 329 Å². The lowest BCUT2D eigenvalue weighted by molar-refractivity contribution is -0.142. The molecule has 1 aliphatic heterocycles. The summed E-state index contributed by atoms with van der Waals surface area (Å²) in [4.78, 5) is 49.4. The summed E-state index contributed by atoms with van der Waals surface area (Å²) in [6.07, 6.45) is 42.2. The molecule has 0 fully saturated rings. The first kappa shape index (κ1) is 48.9. The van der Waals surface area contributed by atoms with Crippen LogP contribution in [0.1, 0.15) is 232 Å². The Balaban J connectivity index is 2.19. The monoisotopic (exact) mass is 761 g/mol. The van der Waals surface area contributed by atoms with Crippen LogP contribution >= 0.6 is 0 Å². The quantitative estimate of drug-likeness (QED) is 0.0378. The lowest BCUT2D eigenvalue weighted by Crippen LogP contribution is -2.33. The minimum Gasteiger partial charge on any atom is -0.547 e. The van der Waals surface area contributed by atoms with Crippen molar-refractivity contribution in [3.8, 4) is 0 Å². The number of aliphatic carboxylic acids is 1. The standard InChI is InChI=1S/2C22H40O4.Al/c2*1-2-3-4-5-6-7-8-9-10-11-12-13-14-15-16-17-18-20(22(25)26)19-21(23)24;/h2*19H,2-18H2,1H3,(H,23,24)(H,25,26);/q;;+3/p-3/b20-19-;;. The topological polar surface area (TPSA) is 116 Å². The predicted octanol–water partition coefficient (Wildman–Crippen LogP) is 12.9. The lowest BCUT2D eigenvalue weighted by Gasteiger charge is -2.12. The molecule has 0 radical (unpaired) electrons. The second-order valence-corrected chi connectivity index (χ2v) is 16.6. The van der Waals surface area contributed by atoms with Gasteiger partial charge >= 0.3 is 33.1 Å². The van der Waals surface area contributed by atoms with Crippen molar-refractivity contribution >= 4 is 39.0 Å². The van der Waals surface area contributed by atoms with Crippen molar-refractivity contribution in [3.05, 3.63) is 23.3 Å². The number of carboxylic acids is 1. The molecule has 0 spiro atoms. The number of carbonyl (C=O) groups is 4. The van der Waals surface area contributed by atoms with Gasteiger partial charge in [0.05, 0.1) is 0 Å². The van der Waals surface area contributed by atoms with Crippen molar-refractivity contribution in [1.82, 2.24) is 0 Å². The van der Waals surface area contributed by atoms with Crippen molar-refractivity contribution in [2.45, 2.75) is 232 Å². The average molecular weight is 761 g/mol. The maximum atomic E-state index is 12.9. The van der Waals surface area contributed by atoms with Crippen LogP contribution in [0.3, 0.4) is 0 Å². The van der Waals surface area contributed by atoms with Gasteiger partial charge in [0.1, 0.15) is 0 Å². The van der Waals surface area contributed by atoms with Crippen LogP contribution in [0.25, 0.3) is 0 Å². The molecule has 0 saturated carbocycles. The van der Waals surface area contributed by atoms with Crippen molar-refractivity contribution in [2.24, 2.45) is 0 Å². The minimum absolute atomic E-state index is 0.0203. The summed E-state index contributed by atoms with van der Waals surface area (Å²) in [6.45, 7) is 4.51. The zero-order valence-corrected chi connectivity index (χ0v) is 35.2. The second kappa shape index (κ2) is 35.6. The first-order chi connectivity index (χ1) is 25.9. The van der Waals surface area contributed by atoms with E-state index in [1.54, 1.807) is 0 Å². The van der Waals surface area contributed by atoms with Crippen LogP contribution in [-0.4, -0.2) is 44.1 Å². The highest BCUT2D eigenvalue weighted by Gasteiger charge is 2.51. The Morgan fingerprint density at radius 1 is 0.566 bits per heavy atom. The lowest BCUT2D eigenvalue weighted by atomic mass is 10.0. The highest BCUT2D eigenvalue weighted by molar-refractivity contribution is 6.46. The molecule has 0 amide bonds. The fourth-order valence-electron chi connectivity index (χ4n) is 7.01. The van der Waals surface area contributed by atoms with Gasteiger partial charge in [-0.05, 0) is 25.7 Å². The van der Waals surface area contributed by atoms with Gasteiger partial charge in [0.15, 0.2) is 0 Å². The Hall–Kier alpha value is -2.11. The maximum Gasteiger partial charge on any atom is 1.20 e. The van der Waals surface area contributed by atoms with Crippen LogP contribution in [0.2, 0.25) is 0 Å². The molecular weight excluding hydrogens is 683 g/mol. The van der Waals surface area contributed by atoms with Crippen LogP contribution in [0.4, 0.5) is 0 Å². The fraction of sp³-hybridized carbons (Fsp3) is 0.818. The molecule has 8 nitrogen and oxygen atoms in total. The Morgan fingerprint density at radius 2 is 0.925 bits per heavy atom. The number of hydrogen-bond acceptors (Lipinski definition) is 7. The summed E-state index contributed by atoms with van der Waals surface area (Å²) in [7, 11) is 0. The predicted molar refractivity (Wildman–Crippen MR) is 216 cm³/mol. The number of carboxylic acid groups (broad SMARTS) is 1. The molecule has 53 heavy (non-hydrogen) atoms. The van der Waals surface area contributed by atoms with E-state index in [-0.39, 0.29) is 17.6 Å². The van der Waals surface area contributed by atoms with Gasteiger partial charge in [0.25, 0.3) is 5.97 Å². The Morgan fingerprint density at radius 3 is 1.30 bits per heavy atom. The fourth-order valence-corrected chi connectivity index (χ4v) is 8.07. The van der Waals surface area contributed by atoms with E-state index in [4.69, 9.17) is 11.4 Å². The normalized spacial score (nSPS) is 13.4. The van der Waals surface area contributed by atoms with Gasteiger partial charge in [-0.15, -0.1) is 0 Å². The maximum absolute atomic E-state index is 12.9. The van der Waals surface area contributed by atoms with Gasteiger partial charge in [-0.2, -0.15) is 0 Å². The summed E-state index contributed by atoms with van der Waals surface area (Å²) < 4.78 is 15.8. The molecule has 0 unspecified atom stereocenters. The minimum atomic E-state index is -3.48. The highest BCUT2D eigenvalue weighted by Crippen LogP contribution is 2.20. The summed E-state index contributed by atoms with van der Waals surface area (Å²) in [5.41, 5.74) is 0.203. The van der Waals surface area contributed by atoms with Gasteiger partial charge in [0.2, 0.25) is 0 Å². The zero-order valence-electron chi connectivity index (χ0n) is 34.1. The Bertz CT molecular complexity index is 1020. The molecule has 0 bridgehead atoms. The van der Waals surface area contributed by atoms with Gasteiger partial charge in [-0.25, -0.2) is 4.79 Å². The second-order valence-electron chi connectivity index (χ2n) is 15.3. The largest absolute Gasteiger partial charge is 1.20 e. The van der Waals surface area contributed by atoms with Crippen molar-refractivity contribution in [1.29, 1.82) is 0 Å². The van der Waals surface area contributed by atoms with Gasteiger partial charge in [0, 0.05) is 23.3 Å². The van der Waals surface area contributed by atoms with E-state index in [0.29, 0.717) is 12.8 Å². The first-order valence-electron chi connectivity index (χ1n) is 22.1. The van der Waals surface area contributed by atoms with E-state index >= 15 is 0 Å². The van der Waals surface area contributed by atoms with Crippen molar-refractivity contribution in [3.63, 3.8) is 0 Å². The number of hydrogen-bond donors (Lipinski definition) is 1. The van der Waals surface area contributed by atoms with Crippen LogP contribution in [0.5, 0.6) is 0 Å². The van der Waals surface area contributed by atoms with E-state index in [9.17, 15) is 24.3 Å². The van der Waals surface area contributed by atoms with E-state index in [2.05, 4.69) is 13.8 Å². The van der Waals surface area contributed by atoms with Crippen molar-refractivity contribution < 1.29 is 35.7 Å². The molecule has 1 aliphatic rings. The van der Waals surface area contributed by atoms with Gasteiger partial charge in [-0.1, -0.05) is 206 Å². The molecular formula is C44H77AlO8. The van der Waals surface area contributed by atoms with Crippen LogP contribution in [0, 0.1) is 0 Å². The molecule has 9 heteroatoms. The van der Waals surface area contributed by atoms with Gasteiger partial charge < -0.3 is 16.5 Å². The first-order valence-corrected chi connectivity index (χ1v) is 23.5. The highest BCUT2D eigenvalue weighted by atomic mass is 27.3. The number of carbonyl (C=O) groups excluding carboxylic acids is 3. The zero-order chi connectivity index (χ0) is 38.6. The molecule has 0 aliphatic carbocycles. The molecule has 1 rings (SSSR count). The third-order valence-corrected chi connectivity index (χ3v) is 11.6. The summed E-state index contributed by atoms with van der Waals surface area (Å²) >= 11 is -3.48.